The Hall–Kier alpha value is -2.94. The zero-order valence-corrected chi connectivity index (χ0v) is 9.54. The van der Waals surface area contributed by atoms with Crippen LogP contribution in [0.5, 0.6) is 11.5 Å². The van der Waals surface area contributed by atoms with E-state index in [1.165, 1.54) is 36.4 Å². The fraction of sp³-hybridized carbons (Fsp3) is 0. The van der Waals surface area contributed by atoms with Crippen LogP contribution in [0.1, 0.15) is 5.56 Å². The molecule has 0 saturated carbocycles. The third-order valence-electron chi connectivity index (χ3n) is 2.31. The van der Waals surface area contributed by atoms with Gasteiger partial charge in [-0.2, -0.15) is 5.26 Å². The van der Waals surface area contributed by atoms with Gasteiger partial charge in [-0.3, -0.25) is 10.1 Å². The van der Waals surface area contributed by atoms with Gasteiger partial charge in [-0.05, 0) is 18.2 Å². The standard InChI is InChI=1S/C13H7FN2O3/c14-10-2-1-3-11(7-10)19-13-6-9(8-15)4-5-12(13)16(17)18/h1-7H. The average Bonchev–Trinajstić information content (AvgIpc) is 2.38. The first-order chi connectivity index (χ1) is 9.10. The van der Waals surface area contributed by atoms with Crippen molar-refractivity contribution in [1.82, 2.24) is 0 Å². The van der Waals surface area contributed by atoms with Crippen molar-refractivity contribution in [2.45, 2.75) is 0 Å². The number of ether oxygens (including phenoxy) is 1. The molecule has 0 aliphatic heterocycles. The van der Waals surface area contributed by atoms with Gasteiger partial charge in [-0.25, -0.2) is 4.39 Å². The number of hydrogen-bond donors (Lipinski definition) is 0. The summed E-state index contributed by atoms with van der Waals surface area (Å²) in [6, 6.07) is 10.8. The van der Waals surface area contributed by atoms with E-state index in [4.69, 9.17) is 10.00 Å². The maximum absolute atomic E-state index is 13.0. The summed E-state index contributed by atoms with van der Waals surface area (Å²) in [6.07, 6.45) is 0. The molecular formula is C13H7FN2O3. The molecule has 0 amide bonds. The Labute approximate surface area is 107 Å². The number of nitrogens with zero attached hydrogens (tertiary/aromatic N) is 2. The summed E-state index contributed by atoms with van der Waals surface area (Å²) < 4.78 is 18.3. The highest BCUT2D eigenvalue weighted by Gasteiger charge is 2.16. The van der Waals surface area contributed by atoms with E-state index in [1.54, 1.807) is 0 Å². The monoisotopic (exact) mass is 258 g/mol. The van der Waals surface area contributed by atoms with Crippen molar-refractivity contribution in [1.29, 1.82) is 5.26 Å². The minimum Gasteiger partial charge on any atom is -0.450 e. The van der Waals surface area contributed by atoms with Crippen molar-refractivity contribution >= 4 is 5.69 Å². The lowest BCUT2D eigenvalue weighted by atomic mass is 10.2. The number of rotatable bonds is 3. The molecule has 94 valence electrons. The highest BCUT2D eigenvalue weighted by molar-refractivity contribution is 5.52. The van der Waals surface area contributed by atoms with Crippen molar-refractivity contribution in [2.75, 3.05) is 0 Å². The molecule has 0 atom stereocenters. The largest absolute Gasteiger partial charge is 0.450 e. The first-order valence-electron chi connectivity index (χ1n) is 5.22. The summed E-state index contributed by atoms with van der Waals surface area (Å²) in [5.41, 5.74) is -0.0692. The quantitative estimate of drug-likeness (QED) is 0.624. The van der Waals surface area contributed by atoms with Crippen LogP contribution in [0.3, 0.4) is 0 Å². The summed E-state index contributed by atoms with van der Waals surface area (Å²) in [5.74, 6) is -0.496. The third-order valence-corrected chi connectivity index (χ3v) is 2.31. The molecule has 0 unspecified atom stereocenters. The summed E-state index contributed by atoms with van der Waals surface area (Å²) in [5, 5.41) is 19.6. The molecule has 0 N–H and O–H groups in total. The number of hydrogen-bond acceptors (Lipinski definition) is 4. The maximum Gasteiger partial charge on any atom is 0.311 e. The molecule has 0 bridgehead atoms. The number of nitro benzene ring substituents is 1. The minimum absolute atomic E-state index is 0.102. The molecule has 0 aliphatic rings. The van der Waals surface area contributed by atoms with Gasteiger partial charge in [0.25, 0.3) is 0 Å². The Kier molecular flexibility index (Phi) is 3.39. The molecular weight excluding hydrogens is 251 g/mol. The van der Waals surface area contributed by atoms with Crippen LogP contribution in [-0.2, 0) is 0 Å². The lowest BCUT2D eigenvalue weighted by Gasteiger charge is -2.06. The van der Waals surface area contributed by atoms with E-state index in [2.05, 4.69) is 0 Å². The van der Waals surface area contributed by atoms with E-state index in [0.717, 1.165) is 6.07 Å². The van der Waals surface area contributed by atoms with Gasteiger partial charge in [0.15, 0.2) is 0 Å². The second-order valence-electron chi connectivity index (χ2n) is 3.61. The zero-order chi connectivity index (χ0) is 13.8. The Bertz CT molecular complexity index is 680. The van der Waals surface area contributed by atoms with Crippen LogP contribution in [0, 0.1) is 27.3 Å². The van der Waals surface area contributed by atoms with Gasteiger partial charge in [0, 0.05) is 18.2 Å². The molecule has 6 heteroatoms. The second-order valence-corrected chi connectivity index (χ2v) is 3.61. The van der Waals surface area contributed by atoms with E-state index < -0.39 is 10.7 Å². The first-order valence-corrected chi connectivity index (χ1v) is 5.22. The summed E-state index contributed by atoms with van der Waals surface area (Å²) in [7, 11) is 0. The second kappa shape index (κ2) is 5.14. The average molecular weight is 258 g/mol. The van der Waals surface area contributed by atoms with Crippen LogP contribution in [0.4, 0.5) is 10.1 Å². The highest BCUT2D eigenvalue weighted by Crippen LogP contribution is 2.32. The zero-order valence-electron chi connectivity index (χ0n) is 9.54. The number of halogens is 1. The van der Waals surface area contributed by atoms with Gasteiger partial charge < -0.3 is 4.74 Å². The fourth-order valence-corrected chi connectivity index (χ4v) is 1.47. The Morgan fingerprint density at radius 2 is 2.05 bits per heavy atom. The molecule has 0 aliphatic carbocycles. The van der Waals surface area contributed by atoms with E-state index in [-0.39, 0.29) is 22.7 Å². The van der Waals surface area contributed by atoms with Crippen LogP contribution in [0.15, 0.2) is 42.5 Å². The van der Waals surface area contributed by atoms with E-state index in [9.17, 15) is 14.5 Å². The molecule has 0 saturated heterocycles. The predicted octanol–water partition coefficient (Wildman–Crippen LogP) is 3.40. The molecule has 2 aromatic rings. The molecule has 0 heterocycles. The van der Waals surface area contributed by atoms with Crippen molar-refractivity contribution in [3.8, 4) is 17.6 Å². The van der Waals surface area contributed by atoms with Crippen LogP contribution < -0.4 is 4.74 Å². The number of nitro groups is 1. The topological polar surface area (TPSA) is 76.2 Å². The summed E-state index contributed by atoms with van der Waals surface area (Å²) in [6.45, 7) is 0. The molecule has 2 rings (SSSR count). The normalized spacial score (nSPS) is 9.68. The molecule has 19 heavy (non-hydrogen) atoms. The van der Waals surface area contributed by atoms with Gasteiger partial charge in [0.2, 0.25) is 5.75 Å². The van der Waals surface area contributed by atoms with Crippen LogP contribution in [0.2, 0.25) is 0 Å². The number of nitriles is 1. The van der Waals surface area contributed by atoms with Gasteiger partial charge in [0.1, 0.15) is 11.6 Å². The lowest BCUT2D eigenvalue weighted by molar-refractivity contribution is -0.385. The SMILES string of the molecule is N#Cc1ccc([N+](=O)[O-])c(Oc2cccc(F)c2)c1. The molecule has 0 aromatic heterocycles. The van der Waals surface area contributed by atoms with E-state index >= 15 is 0 Å². The van der Waals surface area contributed by atoms with E-state index in [1.807, 2.05) is 6.07 Å². The molecule has 2 aromatic carbocycles. The predicted molar refractivity (Wildman–Crippen MR) is 64.3 cm³/mol. The highest BCUT2D eigenvalue weighted by atomic mass is 19.1. The van der Waals surface area contributed by atoms with Crippen LogP contribution in [0.25, 0.3) is 0 Å². The van der Waals surface area contributed by atoms with Gasteiger partial charge in [-0.1, -0.05) is 6.07 Å². The van der Waals surface area contributed by atoms with Crippen molar-refractivity contribution in [3.63, 3.8) is 0 Å². The van der Waals surface area contributed by atoms with Gasteiger partial charge >= 0.3 is 5.69 Å². The molecule has 0 spiro atoms. The minimum atomic E-state index is -0.629. The number of benzene rings is 2. The van der Waals surface area contributed by atoms with Crippen LogP contribution in [-0.4, -0.2) is 4.92 Å². The molecule has 0 fully saturated rings. The Morgan fingerprint density at radius 3 is 2.68 bits per heavy atom. The smallest absolute Gasteiger partial charge is 0.311 e. The van der Waals surface area contributed by atoms with Crippen molar-refractivity contribution in [2.24, 2.45) is 0 Å². The van der Waals surface area contributed by atoms with Crippen molar-refractivity contribution < 1.29 is 14.1 Å². The van der Waals surface area contributed by atoms with Crippen LogP contribution >= 0.6 is 0 Å². The maximum atomic E-state index is 13.0. The van der Waals surface area contributed by atoms with Gasteiger partial charge in [-0.15, -0.1) is 0 Å². The molecule has 5 nitrogen and oxygen atoms in total. The molecule has 0 radical (unpaired) electrons. The summed E-state index contributed by atoms with van der Waals surface area (Å²) in [4.78, 5) is 10.2. The van der Waals surface area contributed by atoms with Crippen molar-refractivity contribution in [3.05, 3.63) is 64.0 Å². The van der Waals surface area contributed by atoms with E-state index in [0.29, 0.717) is 0 Å². The first kappa shape index (κ1) is 12.5. The Balaban J connectivity index is 2.43. The fourth-order valence-electron chi connectivity index (χ4n) is 1.47. The van der Waals surface area contributed by atoms with Gasteiger partial charge in [0.05, 0.1) is 16.6 Å². The summed E-state index contributed by atoms with van der Waals surface area (Å²) >= 11 is 0. The lowest BCUT2D eigenvalue weighted by Crippen LogP contribution is -1.94. The third kappa shape index (κ3) is 2.84. The Morgan fingerprint density at radius 1 is 1.26 bits per heavy atom.